The number of hydrogen-bond acceptors (Lipinski definition) is 4. The molecular weight excluding hydrogens is 298 g/mol. The summed E-state index contributed by atoms with van der Waals surface area (Å²) < 4.78 is 39.2. The highest BCUT2D eigenvalue weighted by Gasteiger charge is 2.32. The van der Waals surface area contributed by atoms with Gasteiger partial charge in [-0.1, -0.05) is 24.3 Å². The van der Waals surface area contributed by atoms with E-state index in [0.29, 0.717) is 16.7 Å². The summed E-state index contributed by atoms with van der Waals surface area (Å²) in [5, 5.41) is 18.1. The second kappa shape index (κ2) is 5.11. The molecule has 5 nitrogen and oxygen atoms in total. The zero-order chi connectivity index (χ0) is 15.9. The molecule has 0 radical (unpaired) electrons. The summed E-state index contributed by atoms with van der Waals surface area (Å²) in [6, 6.07) is 7.07. The van der Waals surface area contributed by atoms with Gasteiger partial charge in [0.2, 0.25) is 5.78 Å². The van der Waals surface area contributed by atoms with E-state index in [1.165, 1.54) is 22.7 Å². The largest absolute Gasteiger partial charge is 0.488 e. The average Bonchev–Trinajstić information content (AvgIpc) is 2.89. The van der Waals surface area contributed by atoms with Crippen LogP contribution in [0.25, 0.3) is 17.0 Å². The van der Waals surface area contributed by atoms with E-state index in [9.17, 15) is 13.2 Å². The van der Waals surface area contributed by atoms with Crippen LogP contribution in [0.1, 0.15) is 5.69 Å². The fourth-order valence-corrected chi connectivity index (χ4v) is 2.00. The van der Waals surface area contributed by atoms with Crippen molar-refractivity contribution in [2.24, 2.45) is 0 Å². The van der Waals surface area contributed by atoms with Crippen LogP contribution in [0.15, 0.2) is 42.7 Å². The van der Waals surface area contributed by atoms with Gasteiger partial charge in [-0.05, 0) is 11.5 Å². The third kappa shape index (κ3) is 2.68. The van der Waals surface area contributed by atoms with E-state index in [1.54, 1.807) is 18.3 Å². The molecule has 2 N–H and O–H groups in total. The van der Waals surface area contributed by atoms with Crippen LogP contribution in [0.5, 0.6) is 0 Å². The molecule has 0 aliphatic heterocycles. The molecule has 0 fully saturated rings. The van der Waals surface area contributed by atoms with Crippen LogP contribution in [-0.2, 0) is 6.18 Å². The molecule has 0 unspecified atom stereocenters. The Morgan fingerprint density at radius 3 is 2.27 bits per heavy atom. The van der Waals surface area contributed by atoms with Crippen LogP contribution in [0.2, 0.25) is 0 Å². The Hall–Kier alpha value is -2.39. The lowest BCUT2D eigenvalue weighted by atomic mass is 9.80. The molecule has 2 heterocycles. The molecule has 3 aromatic rings. The Labute approximate surface area is 122 Å². The van der Waals surface area contributed by atoms with Gasteiger partial charge in [0.15, 0.2) is 0 Å². The molecule has 0 spiro atoms. The van der Waals surface area contributed by atoms with Crippen molar-refractivity contribution in [1.29, 1.82) is 0 Å². The number of aromatic nitrogens is 3. The number of benzene rings is 1. The molecule has 9 heteroatoms. The van der Waals surface area contributed by atoms with Crippen molar-refractivity contribution in [3.05, 3.63) is 48.4 Å². The van der Waals surface area contributed by atoms with Crippen LogP contribution < -0.4 is 5.46 Å². The third-order valence-corrected chi connectivity index (χ3v) is 3.12. The SMILES string of the molecule is OB(O)c1ccc(-c2cn3ccc(C(F)(F)F)nc3n2)cc1. The number of imidazole rings is 1. The van der Waals surface area contributed by atoms with Gasteiger partial charge in [0, 0.05) is 18.0 Å². The number of halogens is 3. The van der Waals surface area contributed by atoms with Gasteiger partial charge in [-0.25, -0.2) is 9.97 Å². The Bertz CT molecular complexity index is 816. The zero-order valence-corrected chi connectivity index (χ0v) is 11.0. The normalized spacial score (nSPS) is 11.9. The van der Waals surface area contributed by atoms with Crippen molar-refractivity contribution in [2.45, 2.75) is 6.18 Å². The maximum Gasteiger partial charge on any atom is 0.488 e. The molecule has 0 bridgehead atoms. The van der Waals surface area contributed by atoms with E-state index < -0.39 is 19.0 Å². The van der Waals surface area contributed by atoms with Gasteiger partial charge in [-0.3, -0.25) is 4.40 Å². The van der Waals surface area contributed by atoms with Crippen LogP contribution in [0.3, 0.4) is 0 Å². The maximum atomic E-state index is 12.6. The minimum Gasteiger partial charge on any atom is -0.423 e. The topological polar surface area (TPSA) is 70.7 Å². The monoisotopic (exact) mass is 307 g/mol. The molecule has 2 aromatic heterocycles. The van der Waals surface area contributed by atoms with E-state index in [1.807, 2.05) is 0 Å². The molecule has 0 aliphatic carbocycles. The van der Waals surface area contributed by atoms with E-state index in [4.69, 9.17) is 10.0 Å². The molecule has 3 rings (SSSR count). The summed E-state index contributed by atoms with van der Waals surface area (Å²) in [5.74, 6) is -0.0592. The van der Waals surface area contributed by atoms with Gasteiger partial charge in [-0.15, -0.1) is 0 Å². The Balaban J connectivity index is 2.01. The highest BCUT2D eigenvalue weighted by Crippen LogP contribution is 2.28. The number of rotatable bonds is 2. The zero-order valence-electron chi connectivity index (χ0n) is 11.0. The smallest absolute Gasteiger partial charge is 0.423 e. The van der Waals surface area contributed by atoms with E-state index >= 15 is 0 Å². The van der Waals surface area contributed by atoms with E-state index in [2.05, 4.69) is 9.97 Å². The summed E-state index contributed by atoms with van der Waals surface area (Å²) in [6.07, 6.45) is -1.73. The summed E-state index contributed by atoms with van der Waals surface area (Å²) in [5.41, 5.74) is 0.371. The van der Waals surface area contributed by atoms with Crippen LogP contribution in [0, 0.1) is 0 Å². The van der Waals surface area contributed by atoms with Gasteiger partial charge < -0.3 is 10.0 Å². The number of nitrogens with zero attached hydrogens (tertiary/aromatic N) is 3. The lowest BCUT2D eigenvalue weighted by molar-refractivity contribution is -0.141. The minimum absolute atomic E-state index is 0.0592. The standard InChI is InChI=1S/C13H9BF3N3O2/c15-13(16,17)11-5-6-20-7-10(18-12(20)19-11)8-1-3-9(4-2-8)14(21)22/h1-7,21-22H. The molecule has 0 saturated carbocycles. The van der Waals surface area contributed by atoms with E-state index in [-0.39, 0.29) is 5.78 Å². The van der Waals surface area contributed by atoms with E-state index in [0.717, 1.165) is 6.07 Å². The minimum atomic E-state index is -4.52. The quantitative estimate of drug-likeness (QED) is 0.696. The van der Waals surface area contributed by atoms with Crippen LogP contribution >= 0.6 is 0 Å². The molecule has 22 heavy (non-hydrogen) atoms. The Morgan fingerprint density at radius 1 is 1.00 bits per heavy atom. The fourth-order valence-electron chi connectivity index (χ4n) is 2.00. The van der Waals surface area contributed by atoms with Gasteiger partial charge in [0.1, 0.15) is 5.69 Å². The molecular formula is C13H9BF3N3O2. The van der Waals surface area contributed by atoms with Gasteiger partial charge in [0.25, 0.3) is 0 Å². The van der Waals surface area contributed by atoms with Crippen molar-refractivity contribution < 1.29 is 23.2 Å². The van der Waals surface area contributed by atoms with Crippen molar-refractivity contribution in [2.75, 3.05) is 0 Å². The molecule has 0 saturated heterocycles. The van der Waals surface area contributed by atoms with Crippen LogP contribution in [-0.4, -0.2) is 31.5 Å². The number of hydrogen-bond donors (Lipinski definition) is 2. The maximum absolute atomic E-state index is 12.6. The summed E-state index contributed by atoms with van der Waals surface area (Å²) in [4.78, 5) is 7.54. The lowest BCUT2D eigenvalue weighted by Gasteiger charge is -2.04. The van der Waals surface area contributed by atoms with Crippen molar-refractivity contribution in [1.82, 2.24) is 14.4 Å². The van der Waals surface area contributed by atoms with Crippen molar-refractivity contribution >= 4 is 18.4 Å². The van der Waals surface area contributed by atoms with Gasteiger partial charge in [-0.2, -0.15) is 13.2 Å². The third-order valence-electron chi connectivity index (χ3n) is 3.12. The molecule has 112 valence electrons. The first-order valence-corrected chi connectivity index (χ1v) is 6.24. The first-order chi connectivity index (χ1) is 10.3. The summed E-state index contributed by atoms with van der Waals surface area (Å²) in [7, 11) is -1.58. The number of alkyl halides is 3. The molecule has 0 atom stereocenters. The predicted octanol–water partition coefficient (Wildman–Crippen LogP) is 1.09. The Kier molecular flexibility index (Phi) is 3.38. The Morgan fingerprint density at radius 2 is 1.68 bits per heavy atom. The predicted molar refractivity (Wildman–Crippen MR) is 73.3 cm³/mol. The lowest BCUT2D eigenvalue weighted by Crippen LogP contribution is -2.29. The highest BCUT2D eigenvalue weighted by atomic mass is 19.4. The van der Waals surface area contributed by atoms with Crippen LogP contribution in [0.4, 0.5) is 13.2 Å². The van der Waals surface area contributed by atoms with Crippen molar-refractivity contribution in [3.63, 3.8) is 0 Å². The molecule has 0 aliphatic rings. The highest BCUT2D eigenvalue weighted by molar-refractivity contribution is 6.58. The summed E-state index contributed by atoms with van der Waals surface area (Å²) >= 11 is 0. The molecule has 0 amide bonds. The van der Waals surface area contributed by atoms with Gasteiger partial charge in [0.05, 0.1) is 5.69 Å². The first kappa shape index (κ1) is 14.5. The number of fused-ring (bicyclic) bond motifs is 1. The summed E-state index contributed by atoms with van der Waals surface area (Å²) in [6.45, 7) is 0. The average molecular weight is 307 g/mol. The van der Waals surface area contributed by atoms with Gasteiger partial charge >= 0.3 is 13.3 Å². The first-order valence-electron chi connectivity index (χ1n) is 6.24. The van der Waals surface area contributed by atoms with Crippen molar-refractivity contribution in [3.8, 4) is 11.3 Å². The second-order valence-corrected chi connectivity index (χ2v) is 4.64. The molecule has 1 aromatic carbocycles. The fraction of sp³-hybridized carbons (Fsp3) is 0.0769. The second-order valence-electron chi connectivity index (χ2n) is 4.64.